The van der Waals surface area contributed by atoms with Gasteiger partial charge in [0.2, 0.25) is 0 Å². The minimum Gasteiger partial charge on any atom is -0.0537 e. The fraction of sp³-hybridized carbons (Fsp3) is 0. The molecular formula is C12H6. The molecule has 0 amide bonds. The van der Waals surface area contributed by atoms with E-state index in [1.54, 1.807) is 0 Å². The molecule has 4 rings (SSSR count). The maximum atomic E-state index is 2.23. The first kappa shape index (κ1) is 5.15. The molecule has 0 aromatic heterocycles. The zero-order valence-electron chi connectivity index (χ0n) is 6.46. The summed E-state index contributed by atoms with van der Waals surface area (Å²) < 4.78 is 0. The van der Waals surface area contributed by atoms with Crippen LogP contribution < -0.4 is 0 Å². The fourth-order valence-electron chi connectivity index (χ4n) is 2.39. The molecule has 0 radical (unpaired) electrons. The van der Waals surface area contributed by atoms with E-state index >= 15 is 0 Å². The van der Waals surface area contributed by atoms with Gasteiger partial charge >= 0.3 is 0 Å². The number of fused-ring (bicyclic) bond motifs is 1. The van der Waals surface area contributed by atoms with Crippen LogP contribution in [0.5, 0.6) is 0 Å². The van der Waals surface area contributed by atoms with Gasteiger partial charge in [-0.05, 0) is 31.6 Å². The first-order valence-corrected chi connectivity index (χ1v) is 4.23. The smallest absolute Gasteiger partial charge is 0.00203 e. The van der Waals surface area contributed by atoms with E-state index < -0.39 is 0 Å². The summed E-state index contributed by atoms with van der Waals surface area (Å²) in [5, 5.41) is 8.69. The molecule has 0 heterocycles. The predicted molar refractivity (Wildman–Crippen MR) is 48.1 cm³/mol. The van der Waals surface area contributed by atoms with Crippen LogP contribution >= 0.6 is 0 Å². The maximum Gasteiger partial charge on any atom is -0.00203 e. The van der Waals surface area contributed by atoms with Crippen LogP contribution in [0.25, 0.3) is 10.8 Å². The van der Waals surface area contributed by atoms with Crippen LogP contribution in [-0.4, -0.2) is 0 Å². The van der Waals surface area contributed by atoms with E-state index in [1.165, 1.54) is 31.6 Å². The molecule has 0 heteroatoms. The number of hydrogen-bond acceptors (Lipinski definition) is 0. The third-order valence-electron chi connectivity index (χ3n) is 2.96. The topological polar surface area (TPSA) is 0 Å². The molecule has 0 saturated heterocycles. The van der Waals surface area contributed by atoms with Crippen molar-refractivity contribution in [3.05, 3.63) is 57.3 Å². The molecule has 0 spiro atoms. The molecule has 12 heavy (non-hydrogen) atoms. The number of rotatable bonds is 0. The highest BCUT2D eigenvalue weighted by molar-refractivity contribution is 5.72. The summed E-state index contributed by atoms with van der Waals surface area (Å²) in [6.45, 7) is 0. The van der Waals surface area contributed by atoms with Gasteiger partial charge in [0.1, 0.15) is 0 Å². The predicted octanol–water partition coefficient (Wildman–Crippen LogP) is 2.60. The largest absolute Gasteiger partial charge is 0.0537 e. The molecule has 0 fully saturated rings. The average molecular weight is 150 g/mol. The van der Waals surface area contributed by atoms with Crippen LogP contribution in [-0.2, 0) is 0 Å². The molecule has 1 aromatic carbocycles. The van der Waals surface area contributed by atoms with Crippen LogP contribution in [0.4, 0.5) is 0 Å². The van der Waals surface area contributed by atoms with Gasteiger partial charge in [-0.1, -0.05) is 36.4 Å². The molecule has 0 aliphatic heterocycles. The highest BCUT2D eigenvalue weighted by Gasteiger charge is 2.09. The van der Waals surface area contributed by atoms with E-state index in [1.807, 2.05) is 0 Å². The zero-order valence-corrected chi connectivity index (χ0v) is 6.46. The monoisotopic (exact) mass is 150 g/mol. The second kappa shape index (κ2) is 1.34. The SMILES string of the molecule is c1cc2ccc3ccc4c1=c2c3=4. The Morgan fingerprint density at radius 1 is 0.500 bits per heavy atom. The lowest BCUT2D eigenvalue weighted by atomic mass is 10.1. The van der Waals surface area contributed by atoms with Crippen LogP contribution in [0.3, 0.4) is 0 Å². The molecule has 0 atom stereocenters. The van der Waals surface area contributed by atoms with Gasteiger partial charge in [0.25, 0.3) is 0 Å². The van der Waals surface area contributed by atoms with Gasteiger partial charge in [0, 0.05) is 0 Å². The van der Waals surface area contributed by atoms with E-state index in [2.05, 4.69) is 36.4 Å². The van der Waals surface area contributed by atoms with Crippen LogP contribution in [0, 0.1) is 20.9 Å². The van der Waals surface area contributed by atoms with Crippen molar-refractivity contribution in [3.8, 4) is 0 Å². The van der Waals surface area contributed by atoms with Gasteiger partial charge in [0.05, 0.1) is 0 Å². The summed E-state index contributed by atoms with van der Waals surface area (Å²) in [6.07, 6.45) is 0. The lowest BCUT2D eigenvalue weighted by Gasteiger charge is -1.97. The summed E-state index contributed by atoms with van der Waals surface area (Å²) in [5.41, 5.74) is 0. The Morgan fingerprint density at radius 2 is 0.917 bits per heavy atom. The molecule has 54 valence electrons. The van der Waals surface area contributed by atoms with E-state index in [-0.39, 0.29) is 0 Å². The summed E-state index contributed by atoms with van der Waals surface area (Å²) in [4.78, 5) is 0. The van der Waals surface area contributed by atoms with Gasteiger partial charge < -0.3 is 0 Å². The van der Waals surface area contributed by atoms with E-state index in [9.17, 15) is 0 Å². The molecule has 0 unspecified atom stereocenters. The fourth-order valence-corrected chi connectivity index (χ4v) is 2.39. The maximum absolute atomic E-state index is 2.23. The Morgan fingerprint density at radius 3 is 1.42 bits per heavy atom. The summed E-state index contributed by atoms with van der Waals surface area (Å²) in [5.74, 6) is 0. The van der Waals surface area contributed by atoms with Gasteiger partial charge in [-0.2, -0.15) is 0 Å². The standard InChI is InChI=1S/C12H6/c1-2-8-4-6-10-9-5-3-7(1)11(9)12(8)10/h1-6H. The molecule has 3 aliphatic carbocycles. The molecular weight excluding hydrogens is 144 g/mol. The summed E-state index contributed by atoms with van der Waals surface area (Å²) >= 11 is 0. The lowest BCUT2D eigenvalue weighted by Crippen LogP contribution is -1.83. The van der Waals surface area contributed by atoms with E-state index in [4.69, 9.17) is 0 Å². The first-order chi connectivity index (χ1) is 5.95. The Balaban J connectivity index is 2.74. The summed E-state index contributed by atoms with van der Waals surface area (Å²) in [7, 11) is 0. The highest BCUT2D eigenvalue weighted by Crippen LogP contribution is 2.25. The lowest BCUT2D eigenvalue weighted by molar-refractivity contribution is 1.41. The molecule has 0 saturated carbocycles. The van der Waals surface area contributed by atoms with Crippen LogP contribution in [0.2, 0.25) is 0 Å². The molecule has 0 nitrogen and oxygen atoms in total. The van der Waals surface area contributed by atoms with Crippen molar-refractivity contribution in [2.75, 3.05) is 0 Å². The van der Waals surface area contributed by atoms with Gasteiger partial charge in [-0.25, -0.2) is 0 Å². The van der Waals surface area contributed by atoms with Crippen molar-refractivity contribution < 1.29 is 0 Å². The van der Waals surface area contributed by atoms with E-state index in [0.29, 0.717) is 0 Å². The van der Waals surface area contributed by atoms with Crippen molar-refractivity contribution >= 4 is 10.8 Å². The van der Waals surface area contributed by atoms with Crippen molar-refractivity contribution in [2.24, 2.45) is 0 Å². The molecule has 1 aromatic rings. The van der Waals surface area contributed by atoms with Crippen LogP contribution in [0.15, 0.2) is 36.4 Å². The Bertz CT molecular complexity index is 672. The van der Waals surface area contributed by atoms with Gasteiger partial charge in [-0.3, -0.25) is 0 Å². The normalized spacial score (nSPS) is 13.0. The number of hydrogen-bond donors (Lipinski definition) is 0. The van der Waals surface area contributed by atoms with Crippen molar-refractivity contribution in [3.63, 3.8) is 0 Å². The van der Waals surface area contributed by atoms with Crippen molar-refractivity contribution in [1.29, 1.82) is 0 Å². The second-order valence-electron chi connectivity index (χ2n) is 3.49. The Kier molecular flexibility index (Phi) is 0.573. The van der Waals surface area contributed by atoms with Gasteiger partial charge in [0.15, 0.2) is 0 Å². The second-order valence-corrected chi connectivity index (χ2v) is 3.49. The average Bonchev–Trinajstić information content (AvgIpc) is 2.58. The quantitative estimate of drug-likeness (QED) is 0.361. The number of benzene rings is 1. The molecule has 3 aliphatic rings. The third kappa shape index (κ3) is 0.333. The zero-order chi connectivity index (χ0) is 7.71. The molecule has 0 bridgehead atoms. The molecule has 0 N–H and O–H groups in total. The highest BCUT2D eigenvalue weighted by atomic mass is 14.1. The Labute approximate surface area is 68.7 Å². The third-order valence-corrected chi connectivity index (χ3v) is 2.96. The van der Waals surface area contributed by atoms with E-state index in [0.717, 1.165) is 0 Å². The minimum atomic E-state index is 1.40. The van der Waals surface area contributed by atoms with Crippen LogP contribution in [0.1, 0.15) is 0 Å². The minimum absolute atomic E-state index is 1.40. The first-order valence-electron chi connectivity index (χ1n) is 4.23. The van der Waals surface area contributed by atoms with Crippen molar-refractivity contribution in [2.45, 2.75) is 0 Å². The Hall–Kier alpha value is -1.56. The van der Waals surface area contributed by atoms with Crippen molar-refractivity contribution in [1.82, 2.24) is 0 Å². The summed E-state index contributed by atoms with van der Waals surface area (Å²) in [6, 6.07) is 13.3. The van der Waals surface area contributed by atoms with Gasteiger partial charge in [-0.15, -0.1) is 0 Å².